The van der Waals surface area contributed by atoms with Crippen molar-refractivity contribution in [1.82, 2.24) is 14.8 Å². The predicted octanol–water partition coefficient (Wildman–Crippen LogP) is 3.19. The van der Waals surface area contributed by atoms with Gasteiger partial charge in [-0.05, 0) is 25.5 Å². The molecule has 1 saturated heterocycles. The fraction of sp³-hybridized carbons (Fsp3) is 0.867. The second-order valence-electron chi connectivity index (χ2n) is 5.93. The molecule has 1 atom stereocenters. The molecule has 0 amide bonds. The Morgan fingerprint density at radius 2 is 2.10 bits per heavy atom. The zero-order valence-electron chi connectivity index (χ0n) is 12.4. The summed E-state index contributed by atoms with van der Waals surface area (Å²) in [5.74, 6) is 3.81. The molecule has 4 nitrogen and oxygen atoms in total. The van der Waals surface area contributed by atoms with E-state index in [0.29, 0.717) is 12.0 Å². The zero-order chi connectivity index (χ0) is 13.8. The maximum atomic E-state index is 5.56. The summed E-state index contributed by atoms with van der Waals surface area (Å²) in [6.45, 7) is 1.70. The number of ether oxygens (including phenoxy) is 1. The Kier molecular flexibility index (Phi) is 4.99. The van der Waals surface area contributed by atoms with Crippen LogP contribution in [0.15, 0.2) is 0 Å². The number of aromatic nitrogens is 3. The van der Waals surface area contributed by atoms with Crippen LogP contribution in [0.5, 0.6) is 0 Å². The fourth-order valence-corrected chi connectivity index (χ4v) is 3.68. The van der Waals surface area contributed by atoms with Gasteiger partial charge < -0.3 is 4.74 Å². The molecule has 2 fully saturated rings. The highest BCUT2D eigenvalue weighted by Crippen LogP contribution is 2.32. The number of aryl methyl sites for hydroxylation is 1. The Hall–Kier alpha value is -0.550. The number of nitrogens with zero attached hydrogens (tertiary/aromatic N) is 3. The van der Waals surface area contributed by atoms with Crippen LogP contribution >= 0.6 is 11.8 Å². The van der Waals surface area contributed by atoms with Gasteiger partial charge in [0.1, 0.15) is 5.82 Å². The molecule has 0 N–H and O–H groups in total. The van der Waals surface area contributed by atoms with Crippen LogP contribution in [0, 0.1) is 0 Å². The van der Waals surface area contributed by atoms with Crippen LogP contribution < -0.4 is 0 Å². The molecule has 1 aromatic rings. The van der Waals surface area contributed by atoms with Crippen molar-refractivity contribution in [3.05, 3.63) is 11.6 Å². The molecule has 0 aromatic carbocycles. The number of hydrogen-bond acceptors (Lipinski definition) is 4. The second kappa shape index (κ2) is 6.94. The Morgan fingerprint density at radius 1 is 1.25 bits per heavy atom. The molecule has 1 aliphatic heterocycles. The van der Waals surface area contributed by atoms with E-state index in [1.807, 2.05) is 11.8 Å². The lowest BCUT2D eigenvalue weighted by Crippen LogP contribution is -2.19. The predicted molar refractivity (Wildman–Crippen MR) is 82.4 cm³/mol. The van der Waals surface area contributed by atoms with Gasteiger partial charge in [-0.25, -0.2) is 9.67 Å². The van der Waals surface area contributed by atoms with Crippen LogP contribution in [0.2, 0.25) is 0 Å². The van der Waals surface area contributed by atoms with E-state index in [4.69, 9.17) is 14.8 Å². The van der Waals surface area contributed by atoms with Gasteiger partial charge in [0, 0.05) is 24.7 Å². The summed E-state index contributed by atoms with van der Waals surface area (Å²) in [6, 6.07) is 0.579. The molecule has 1 aromatic heterocycles. The van der Waals surface area contributed by atoms with Gasteiger partial charge in [0.15, 0.2) is 5.82 Å². The third-order valence-electron chi connectivity index (χ3n) is 4.45. The Labute approximate surface area is 125 Å². The molecule has 2 heterocycles. The minimum atomic E-state index is 0.465. The normalized spacial score (nSPS) is 24.4. The highest BCUT2D eigenvalue weighted by Gasteiger charge is 2.28. The third kappa shape index (κ3) is 3.19. The average molecular weight is 295 g/mol. The summed E-state index contributed by atoms with van der Waals surface area (Å²) < 4.78 is 7.83. The zero-order valence-corrected chi connectivity index (χ0v) is 13.2. The van der Waals surface area contributed by atoms with Crippen LogP contribution in [0.4, 0.5) is 0 Å². The van der Waals surface area contributed by atoms with Crippen molar-refractivity contribution in [3.63, 3.8) is 0 Å². The molecule has 112 valence electrons. The van der Waals surface area contributed by atoms with Crippen molar-refractivity contribution in [1.29, 1.82) is 0 Å². The Morgan fingerprint density at radius 3 is 2.80 bits per heavy atom. The monoisotopic (exact) mass is 295 g/mol. The minimum absolute atomic E-state index is 0.465. The molecule has 5 heteroatoms. The van der Waals surface area contributed by atoms with E-state index in [0.717, 1.165) is 37.6 Å². The molecule has 0 radical (unpaired) electrons. The van der Waals surface area contributed by atoms with Crippen LogP contribution in [0.3, 0.4) is 0 Å². The molecule has 20 heavy (non-hydrogen) atoms. The van der Waals surface area contributed by atoms with Crippen molar-refractivity contribution < 1.29 is 4.74 Å². The lowest BCUT2D eigenvalue weighted by molar-refractivity contribution is 0.191. The van der Waals surface area contributed by atoms with E-state index >= 15 is 0 Å². The molecule has 2 aliphatic rings. The van der Waals surface area contributed by atoms with Gasteiger partial charge in [0.05, 0.1) is 12.6 Å². The quantitative estimate of drug-likeness (QED) is 0.836. The fourth-order valence-electron chi connectivity index (χ4n) is 3.29. The molecule has 1 aliphatic carbocycles. The van der Waals surface area contributed by atoms with E-state index in [1.165, 1.54) is 37.9 Å². The summed E-state index contributed by atoms with van der Waals surface area (Å²) in [5, 5.41) is 4.85. The van der Waals surface area contributed by atoms with Gasteiger partial charge in [-0.3, -0.25) is 0 Å². The standard InChI is InChI=1S/C15H25N3OS/c1-20-10-8-14-16-15(12-7-9-19-11-12)18(17-14)13-5-3-2-4-6-13/h12-13H,2-11H2,1H3/t12-/m0/s1. The number of rotatable bonds is 5. The van der Waals surface area contributed by atoms with E-state index in [1.54, 1.807) is 0 Å². The Bertz CT molecular complexity index is 423. The first-order chi connectivity index (χ1) is 9.88. The highest BCUT2D eigenvalue weighted by molar-refractivity contribution is 7.98. The smallest absolute Gasteiger partial charge is 0.151 e. The van der Waals surface area contributed by atoms with Crippen molar-refractivity contribution >= 4 is 11.8 Å². The van der Waals surface area contributed by atoms with Crippen LogP contribution in [-0.2, 0) is 11.2 Å². The second-order valence-corrected chi connectivity index (χ2v) is 6.91. The van der Waals surface area contributed by atoms with Gasteiger partial charge in [-0.2, -0.15) is 16.9 Å². The van der Waals surface area contributed by atoms with Gasteiger partial charge in [-0.15, -0.1) is 0 Å². The topological polar surface area (TPSA) is 39.9 Å². The van der Waals surface area contributed by atoms with Crippen molar-refractivity contribution in [2.24, 2.45) is 0 Å². The van der Waals surface area contributed by atoms with E-state index in [2.05, 4.69) is 10.9 Å². The molecule has 0 spiro atoms. The molecule has 3 rings (SSSR count). The van der Waals surface area contributed by atoms with Gasteiger partial charge in [0.25, 0.3) is 0 Å². The number of hydrogen-bond donors (Lipinski definition) is 0. The van der Waals surface area contributed by atoms with Crippen LogP contribution in [-0.4, -0.2) is 40.0 Å². The van der Waals surface area contributed by atoms with Crippen molar-refractivity contribution in [3.8, 4) is 0 Å². The van der Waals surface area contributed by atoms with Gasteiger partial charge in [0.2, 0.25) is 0 Å². The van der Waals surface area contributed by atoms with E-state index in [-0.39, 0.29) is 0 Å². The maximum Gasteiger partial charge on any atom is 0.151 e. The average Bonchev–Trinajstić information content (AvgIpc) is 3.15. The largest absolute Gasteiger partial charge is 0.381 e. The van der Waals surface area contributed by atoms with Crippen LogP contribution in [0.25, 0.3) is 0 Å². The van der Waals surface area contributed by atoms with Gasteiger partial charge in [-0.1, -0.05) is 19.3 Å². The summed E-state index contributed by atoms with van der Waals surface area (Å²) in [6.07, 6.45) is 10.8. The van der Waals surface area contributed by atoms with E-state index < -0.39 is 0 Å². The summed E-state index contributed by atoms with van der Waals surface area (Å²) in [5.41, 5.74) is 0. The summed E-state index contributed by atoms with van der Waals surface area (Å²) in [4.78, 5) is 4.86. The summed E-state index contributed by atoms with van der Waals surface area (Å²) in [7, 11) is 0. The Balaban J connectivity index is 1.82. The summed E-state index contributed by atoms with van der Waals surface area (Å²) >= 11 is 1.87. The SMILES string of the molecule is CSCCc1nc([C@H]2CCOC2)n(C2CCCCC2)n1. The van der Waals surface area contributed by atoms with E-state index in [9.17, 15) is 0 Å². The molecule has 1 saturated carbocycles. The van der Waals surface area contributed by atoms with Crippen LogP contribution in [0.1, 0.15) is 62.1 Å². The first-order valence-electron chi connectivity index (χ1n) is 7.90. The third-order valence-corrected chi connectivity index (χ3v) is 5.06. The highest BCUT2D eigenvalue weighted by atomic mass is 32.2. The van der Waals surface area contributed by atoms with Crippen molar-refractivity contribution in [2.45, 2.75) is 56.9 Å². The molecule has 0 unspecified atom stereocenters. The van der Waals surface area contributed by atoms with Crippen molar-refractivity contribution in [2.75, 3.05) is 25.2 Å². The molecular weight excluding hydrogens is 270 g/mol. The first kappa shape index (κ1) is 14.4. The number of thioether (sulfide) groups is 1. The first-order valence-corrected chi connectivity index (χ1v) is 9.30. The molecule has 0 bridgehead atoms. The molecular formula is C15H25N3OS. The minimum Gasteiger partial charge on any atom is -0.381 e. The maximum absolute atomic E-state index is 5.56. The lowest BCUT2D eigenvalue weighted by Gasteiger charge is -2.24. The lowest BCUT2D eigenvalue weighted by atomic mass is 9.95. The van der Waals surface area contributed by atoms with Gasteiger partial charge >= 0.3 is 0 Å².